The molecule has 3 heteroatoms. The molecule has 1 aliphatic rings. The van der Waals surface area contributed by atoms with E-state index in [0.29, 0.717) is 0 Å². The lowest BCUT2D eigenvalue weighted by Gasteiger charge is -2.22. The molecule has 104 valence electrons. The van der Waals surface area contributed by atoms with Crippen LogP contribution >= 0.6 is 0 Å². The molecule has 0 aliphatic carbocycles. The van der Waals surface area contributed by atoms with Crippen LogP contribution in [0.25, 0.3) is 0 Å². The van der Waals surface area contributed by atoms with E-state index in [1.54, 1.807) is 0 Å². The summed E-state index contributed by atoms with van der Waals surface area (Å²) < 4.78 is 5.76. The molecular formula is C16H23NO2. The van der Waals surface area contributed by atoms with E-state index in [1.807, 2.05) is 45.0 Å². The Bertz CT molecular complexity index is 425. The lowest BCUT2D eigenvalue weighted by Crippen LogP contribution is -2.31. The van der Waals surface area contributed by atoms with Crippen LogP contribution in [0.15, 0.2) is 24.3 Å². The van der Waals surface area contributed by atoms with Crippen LogP contribution in [0, 0.1) is 5.92 Å². The van der Waals surface area contributed by atoms with Crippen molar-refractivity contribution in [3.8, 4) is 5.75 Å². The Labute approximate surface area is 115 Å². The van der Waals surface area contributed by atoms with Crippen LogP contribution in [-0.2, 0) is 0 Å². The summed E-state index contributed by atoms with van der Waals surface area (Å²) in [5.41, 5.74) is 0.591. The molecule has 0 unspecified atom stereocenters. The predicted molar refractivity (Wildman–Crippen MR) is 76.7 cm³/mol. The van der Waals surface area contributed by atoms with Gasteiger partial charge in [0.05, 0.1) is 0 Å². The van der Waals surface area contributed by atoms with E-state index in [1.165, 1.54) is 0 Å². The molecule has 1 N–H and O–H groups in total. The van der Waals surface area contributed by atoms with Crippen LogP contribution in [0.5, 0.6) is 5.75 Å². The number of hydrogen-bond acceptors (Lipinski definition) is 3. The molecule has 1 aromatic carbocycles. The maximum absolute atomic E-state index is 12.3. The van der Waals surface area contributed by atoms with Gasteiger partial charge >= 0.3 is 0 Å². The van der Waals surface area contributed by atoms with Gasteiger partial charge in [-0.1, -0.05) is 0 Å². The van der Waals surface area contributed by atoms with E-state index in [0.717, 1.165) is 37.2 Å². The number of benzene rings is 1. The fourth-order valence-corrected chi connectivity index (χ4v) is 2.36. The minimum Gasteiger partial charge on any atom is -0.488 e. The summed E-state index contributed by atoms with van der Waals surface area (Å²) in [5.74, 6) is 1.26. The highest BCUT2D eigenvalue weighted by Crippen LogP contribution is 2.22. The second-order valence-corrected chi connectivity index (χ2v) is 6.13. The Morgan fingerprint density at radius 1 is 1.16 bits per heavy atom. The van der Waals surface area contributed by atoms with Crippen molar-refractivity contribution in [1.82, 2.24) is 5.32 Å². The molecule has 1 fully saturated rings. The van der Waals surface area contributed by atoms with Crippen molar-refractivity contribution in [1.29, 1.82) is 0 Å². The first-order valence-corrected chi connectivity index (χ1v) is 7.00. The Hall–Kier alpha value is -1.35. The molecule has 1 aliphatic heterocycles. The topological polar surface area (TPSA) is 38.3 Å². The maximum Gasteiger partial charge on any atom is 0.166 e. The molecule has 1 saturated heterocycles. The first-order chi connectivity index (χ1) is 8.96. The van der Waals surface area contributed by atoms with Crippen molar-refractivity contribution >= 4 is 5.78 Å². The van der Waals surface area contributed by atoms with Gasteiger partial charge in [-0.05, 0) is 71.0 Å². The maximum atomic E-state index is 12.3. The molecule has 1 heterocycles. The average molecular weight is 261 g/mol. The normalized spacial score (nSPS) is 17.2. The minimum atomic E-state index is -0.208. The van der Waals surface area contributed by atoms with E-state index in [4.69, 9.17) is 4.74 Å². The molecule has 0 aromatic heterocycles. The monoisotopic (exact) mass is 261 g/mol. The number of hydrogen-bond donors (Lipinski definition) is 1. The lowest BCUT2D eigenvalue weighted by molar-refractivity contribution is 0.0895. The molecule has 0 atom stereocenters. The standard InChI is InChI=1S/C16H23NO2/c1-16(2,3)19-14-6-4-12(5-7-14)15(18)13-8-10-17-11-9-13/h4-7,13,17H,8-11H2,1-3H3. The van der Waals surface area contributed by atoms with Gasteiger partial charge in [0.1, 0.15) is 11.4 Å². The Morgan fingerprint density at radius 2 is 1.74 bits per heavy atom. The molecular weight excluding hydrogens is 238 g/mol. The first kappa shape index (κ1) is 14.1. The van der Waals surface area contributed by atoms with Crippen LogP contribution in [0.3, 0.4) is 0 Å². The van der Waals surface area contributed by atoms with E-state index in [-0.39, 0.29) is 17.3 Å². The second-order valence-electron chi connectivity index (χ2n) is 6.13. The van der Waals surface area contributed by atoms with Gasteiger partial charge in [-0.3, -0.25) is 4.79 Å². The number of carbonyl (C=O) groups excluding carboxylic acids is 1. The second kappa shape index (κ2) is 5.74. The van der Waals surface area contributed by atoms with Crippen molar-refractivity contribution in [2.24, 2.45) is 5.92 Å². The largest absolute Gasteiger partial charge is 0.488 e. The number of piperidine rings is 1. The van der Waals surface area contributed by atoms with Crippen molar-refractivity contribution in [2.45, 2.75) is 39.2 Å². The highest BCUT2D eigenvalue weighted by molar-refractivity contribution is 5.98. The molecule has 1 aromatic rings. The average Bonchev–Trinajstić information content (AvgIpc) is 2.38. The van der Waals surface area contributed by atoms with Crippen LogP contribution in [0.2, 0.25) is 0 Å². The number of nitrogens with one attached hydrogen (secondary N) is 1. The Morgan fingerprint density at radius 3 is 2.26 bits per heavy atom. The third-order valence-corrected chi connectivity index (χ3v) is 3.27. The van der Waals surface area contributed by atoms with Gasteiger partial charge in [0, 0.05) is 11.5 Å². The zero-order valence-electron chi connectivity index (χ0n) is 12.0. The van der Waals surface area contributed by atoms with Crippen molar-refractivity contribution < 1.29 is 9.53 Å². The SMILES string of the molecule is CC(C)(C)Oc1ccc(C(=O)C2CCNCC2)cc1. The van der Waals surface area contributed by atoms with Crippen molar-refractivity contribution in [2.75, 3.05) is 13.1 Å². The quantitative estimate of drug-likeness (QED) is 0.850. The van der Waals surface area contributed by atoms with E-state index < -0.39 is 0 Å². The summed E-state index contributed by atoms with van der Waals surface area (Å²) in [4.78, 5) is 12.3. The molecule has 0 saturated carbocycles. The fraction of sp³-hybridized carbons (Fsp3) is 0.562. The third kappa shape index (κ3) is 4.06. The van der Waals surface area contributed by atoms with Gasteiger partial charge in [-0.25, -0.2) is 0 Å². The van der Waals surface area contributed by atoms with Crippen LogP contribution in [0.4, 0.5) is 0 Å². The van der Waals surface area contributed by atoms with Gasteiger partial charge in [-0.2, -0.15) is 0 Å². The summed E-state index contributed by atoms with van der Waals surface area (Å²) >= 11 is 0. The summed E-state index contributed by atoms with van der Waals surface area (Å²) in [7, 11) is 0. The lowest BCUT2D eigenvalue weighted by atomic mass is 9.90. The molecule has 0 amide bonds. The summed E-state index contributed by atoms with van der Waals surface area (Å²) in [6.45, 7) is 7.94. The molecule has 19 heavy (non-hydrogen) atoms. The third-order valence-electron chi connectivity index (χ3n) is 3.27. The molecule has 3 nitrogen and oxygen atoms in total. The Kier molecular flexibility index (Phi) is 4.25. The van der Waals surface area contributed by atoms with Crippen LogP contribution in [-0.4, -0.2) is 24.5 Å². The summed E-state index contributed by atoms with van der Waals surface area (Å²) in [6, 6.07) is 7.54. The summed E-state index contributed by atoms with van der Waals surface area (Å²) in [6.07, 6.45) is 1.89. The molecule has 0 radical (unpaired) electrons. The van der Waals surface area contributed by atoms with Crippen LogP contribution < -0.4 is 10.1 Å². The van der Waals surface area contributed by atoms with E-state index >= 15 is 0 Å². The number of ether oxygens (including phenoxy) is 1. The molecule has 0 spiro atoms. The first-order valence-electron chi connectivity index (χ1n) is 7.00. The Balaban J connectivity index is 2.03. The van der Waals surface area contributed by atoms with Crippen LogP contribution in [0.1, 0.15) is 44.0 Å². The number of carbonyl (C=O) groups is 1. The van der Waals surface area contributed by atoms with Gasteiger partial charge in [0.25, 0.3) is 0 Å². The van der Waals surface area contributed by atoms with Gasteiger partial charge in [0.2, 0.25) is 0 Å². The number of rotatable bonds is 3. The van der Waals surface area contributed by atoms with E-state index in [2.05, 4.69) is 5.32 Å². The molecule has 2 rings (SSSR count). The minimum absolute atomic E-state index is 0.177. The number of Topliss-reactive ketones (excluding diaryl/α,β-unsaturated/α-hetero) is 1. The van der Waals surface area contributed by atoms with Gasteiger partial charge in [0.15, 0.2) is 5.78 Å². The van der Waals surface area contributed by atoms with E-state index in [9.17, 15) is 4.79 Å². The predicted octanol–water partition coefficient (Wildman–Crippen LogP) is 3.05. The smallest absolute Gasteiger partial charge is 0.166 e. The van der Waals surface area contributed by atoms with Crippen molar-refractivity contribution in [3.63, 3.8) is 0 Å². The van der Waals surface area contributed by atoms with Crippen molar-refractivity contribution in [3.05, 3.63) is 29.8 Å². The highest BCUT2D eigenvalue weighted by Gasteiger charge is 2.22. The number of ketones is 1. The fourth-order valence-electron chi connectivity index (χ4n) is 2.36. The summed E-state index contributed by atoms with van der Waals surface area (Å²) in [5, 5.41) is 3.28. The zero-order chi connectivity index (χ0) is 13.9. The molecule has 0 bridgehead atoms. The van der Waals surface area contributed by atoms with Gasteiger partial charge in [-0.15, -0.1) is 0 Å². The zero-order valence-corrected chi connectivity index (χ0v) is 12.0. The highest BCUT2D eigenvalue weighted by atomic mass is 16.5. The van der Waals surface area contributed by atoms with Gasteiger partial charge < -0.3 is 10.1 Å².